The Balaban J connectivity index is 1.76. The molecule has 1 aliphatic rings. The monoisotopic (exact) mass is 583 g/mol. The molecule has 2 heterocycles. The third-order valence-corrected chi connectivity index (χ3v) is 6.07. The SMILES string of the molecule is CC1=C(C(=O)OCCCNC(=O)c2ccccn2)C(c2cccc([N+](=O)[O-])c2)C(C(=O)OCCCO[N+](=O)[O-])=C(C)N1. The molecule has 2 N–H and O–H groups in total. The van der Waals surface area contributed by atoms with Gasteiger partial charge in [-0.25, -0.2) is 9.59 Å². The summed E-state index contributed by atoms with van der Waals surface area (Å²) in [6.07, 6.45) is 1.81. The first kappa shape index (κ1) is 31.2. The van der Waals surface area contributed by atoms with Gasteiger partial charge in [0.25, 0.3) is 16.7 Å². The number of allylic oxidation sites excluding steroid dienone is 2. The number of nitrogens with zero attached hydrogens (tertiary/aromatic N) is 3. The van der Waals surface area contributed by atoms with Crippen LogP contribution in [0.5, 0.6) is 0 Å². The molecular formula is C27H29N5O10. The highest BCUT2D eigenvalue weighted by Crippen LogP contribution is 2.40. The van der Waals surface area contributed by atoms with Gasteiger partial charge in [-0.05, 0) is 38.0 Å². The fourth-order valence-electron chi connectivity index (χ4n) is 4.23. The van der Waals surface area contributed by atoms with Crippen molar-refractivity contribution >= 4 is 23.5 Å². The number of non-ortho nitro benzene ring substituents is 1. The third-order valence-electron chi connectivity index (χ3n) is 6.07. The van der Waals surface area contributed by atoms with E-state index < -0.39 is 27.9 Å². The van der Waals surface area contributed by atoms with Crippen molar-refractivity contribution in [2.75, 3.05) is 26.4 Å². The molecule has 1 aliphatic heterocycles. The molecule has 1 atom stereocenters. The van der Waals surface area contributed by atoms with Crippen LogP contribution in [0.25, 0.3) is 0 Å². The Morgan fingerprint density at radius 1 is 0.929 bits per heavy atom. The second-order valence-corrected chi connectivity index (χ2v) is 8.99. The molecule has 1 unspecified atom stereocenters. The summed E-state index contributed by atoms with van der Waals surface area (Å²) in [5.41, 5.74) is 1.06. The summed E-state index contributed by atoms with van der Waals surface area (Å²) in [4.78, 5) is 68.1. The molecule has 15 heteroatoms. The van der Waals surface area contributed by atoms with Crippen molar-refractivity contribution < 1.29 is 38.7 Å². The van der Waals surface area contributed by atoms with Crippen LogP contribution in [-0.4, -0.2) is 59.2 Å². The normalized spacial score (nSPS) is 14.5. The highest BCUT2D eigenvalue weighted by molar-refractivity contribution is 6.00. The molecular weight excluding hydrogens is 554 g/mol. The summed E-state index contributed by atoms with van der Waals surface area (Å²) < 4.78 is 10.8. The van der Waals surface area contributed by atoms with Gasteiger partial charge in [0, 0.05) is 42.7 Å². The minimum absolute atomic E-state index is 0.0193. The molecule has 0 aliphatic carbocycles. The Morgan fingerprint density at radius 3 is 2.19 bits per heavy atom. The predicted molar refractivity (Wildman–Crippen MR) is 145 cm³/mol. The number of amides is 1. The number of carbonyl (C=O) groups is 3. The second kappa shape index (κ2) is 14.9. The molecule has 42 heavy (non-hydrogen) atoms. The van der Waals surface area contributed by atoms with Crippen molar-refractivity contribution in [3.8, 4) is 0 Å². The van der Waals surface area contributed by atoms with Gasteiger partial charge in [0.15, 0.2) is 0 Å². The number of nitro groups is 1. The van der Waals surface area contributed by atoms with E-state index in [2.05, 4.69) is 20.5 Å². The van der Waals surface area contributed by atoms with E-state index in [1.807, 2.05) is 0 Å². The van der Waals surface area contributed by atoms with E-state index >= 15 is 0 Å². The molecule has 1 aromatic carbocycles. The van der Waals surface area contributed by atoms with Crippen LogP contribution >= 0.6 is 0 Å². The van der Waals surface area contributed by atoms with Crippen LogP contribution in [0, 0.1) is 20.2 Å². The van der Waals surface area contributed by atoms with Crippen molar-refractivity contribution in [3.63, 3.8) is 0 Å². The highest BCUT2D eigenvalue weighted by atomic mass is 16.9. The van der Waals surface area contributed by atoms with E-state index in [-0.39, 0.29) is 73.2 Å². The molecule has 0 spiro atoms. The standard InChI is InChI=1S/C27H29N5O10/c1-17-22(26(34)40-13-6-12-29-25(33)21-10-3-4-11-28-21)24(19-8-5-9-20(16-19)31(36)37)23(18(2)30-17)27(35)41-14-7-15-42-32(38)39/h3-5,8-11,16,24,30H,6-7,12-15H2,1-2H3,(H,29,33). The first-order valence-electron chi connectivity index (χ1n) is 12.8. The molecule has 1 amide bonds. The first-order chi connectivity index (χ1) is 20.1. The summed E-state index contributed by atoms with van der Waals surface area (Å²) in [6.45, 7) is 2.82. The maximum atomic E-state index is 13.4. The topological polar surface area (TPSA) is 202 Å². The largest absolute Gasteiger partial charge is 0.462 e. The van der Waals surface area contributed by atoms with Crippen molar-refractivity contribution in [1.29, 1.82) is 0 Å². The zero-order valence-electron chi connectivity index (χ0n) is 22.9. The summed E-state index contributed by atoms with van der Waals surface area (Å²) in [5, 5.41) is 26.5. The van der Waals surface area contributed by atoms with Crippen molar-refractivity contribution in [2.24, 2.45) is 0 Å². The lowest BCUT2D eigenvalue weighted by Crippen LogP contribution is -2.33. The lowest BCUT2D eigenvalue weighted by molar-refractivity contribution is -0.757. The number of carbonyl (C=O) groups excluding carboxylic acids is 3. The quantitative estimate of drug-likeness (QED) is 0.143. The Labute approximate surface area is 239 Å². The summed E-state index contributed by atoms with van der Waals surface area (Å²) in [6, 6.07) is 10.4. The number of ether oxygens (including phenoxy) is 2. The first-order valence-corrected chi connectivity index (χ1v) is 12.8. The smallest absolute Gasteiger partial charge is 0.336 e. The number of nitrogens with one attached hydrogen (secondary N) is 2. The predicted octanol–water partition coefficient (Wildman–Crippen LogP) is 2.73. The minimum atomic E-state index is -1.08. The number of nitro benzene ring substituents is 1. The molecule has 0 radical (unpaired) electrons. The average Bonchev–Trinajstić information content (AvgIpc) is 2.96. The second-order valence-electron chi connectivity index (χ2n) is 8.99. The average molecular weight is 584 g/mol. The van der Waals surface area contributed by atoms with E-state index in [1.165, 1.54) is 24.4 Å². The van der Waals surface area contributed by atoms with Gasteiger partial charge in [0.05, 0.1) is 41.8 Å². The molecule has 0 saturated carbocycles. The van der Waals surface area contributed by atoms with Crippen LogP contribution < -0.4 is 10.6 Å². The molecule has 15 nitrogen and oxygen atoms in total. The number of esters is 2. The van der Waals surface area contributed by atoms with Crippen LogP contribution in [0.1, 0.15) is 48.7 Å². The lowest BCUT2D eigenvalue weighted by atomic mass is 9.80. The molecule has 222 valence electrons. The van der Waals surface area contributed by atoms with Gasteiger partial charge in [0.1, 0.15) is 5.69 Å². The Kier molecular flexibility index (Phi) is 11.0. The number of pyridine rings is 1. The van der Waals surface area contributed by atoms with Crippen molar-refractivity contribution in [1.82, 2.24) is 15.6 Å². The fourth-order valence-corrected chi connectivity index (χ4v) is 4.23. The zero-order chi connectivity index (χ0) is 30.6. The molecule has 2 aromatic rings. The molecule has 0 saturated heterocycles. The number of aromatic nitrogens is 1. The van der Waals surface area contributed by atoms with Crippen molar-refractivity contribution in [2.45, 2.75) is 32.6 Å². The van der Waals surface area contributed by atoms with Gasteiger partial charge < -0.3 is 24.9 Å². The number of benzene rings is 1. The third kappa shape index (κ3) is 8.33. The Bertz CT molecular complexity index is 1410. The zero-order valence-corrected chi connectivity index (χ0v) is 22.9. The van der Waals surface area contributed by atoms with Crippen LogP contribution in [0.3, 0.4) is 0 Å². The number of hydrogen-bond donors (Lipinski definition) is 2. The molecule has 1 aromatic heterocycles. The maximum absolute atomic E-state index is 13.4. The van der Waals surface area contributed by atoms with Gasteiger partial charge in [-0.15, -0.1) is 10.1 Å². The Morgan fingerprint density at radius 2 is 1.60 bits per heavy atom. The summed E-state index contributed by atoms with van der Waals surface area (Å²) in [5.74, 6) is -3.06. The van der Waals surface area contributed by atoms with Gasteiger partial charge in [-0.3, -0.25) is 19.9 Å². The van der Waals surface area contributed by atoms with E-state index in [0.29, 0.717) is 11.4 Å². The van der Waals surface area contributed by atoms with Crippen molar-refractivity contribution in [3.05, 3.63) is 103 Å². The fraction of sp³-hybridized carbons (Fsp3) is 0.333. The molecule has 0 bridgehead atoms. The van der Waals surface area contributed by atoms with Crippen LogP contribution in [0.15, 0.2) is 71.2 Å². The van der Waals surface area contributed by atoms with Gasteiger partial charge in [0.2, 0.25) is 0 Å². The van der Waals surface area contributed by atoms with Crippen LogP contribution in [0.4, 0.5) is 5.69 Å². The van der Waals surface area contributed by atoms with E-state index in [0.717, 1.165) is 0 Å². The lowest BCUT2D eigenvalue weighted by Gasteiger charge is -2.30. The van der Waals surface area contributed by atoms with E-state index in [1.54, 1.807) is 38.1 Å². The molecule has 0 fully saturated rings. The van der Waals surface area contributed by atoms with E-state index in [4.69, 9.17) is 9.47 Å². The number of dihydropyridines is 1. The number of rotatable bonds is 14. The number of hydrogen-bond acceptors (Lipinski definition) is 12. The van der Waals surface area contributed by atoms with E-state index in [9.17, 15) is 34.6 Å². The van der Waals surface area contributed by atoms with Gasteiger partial charge >= 0.3 is 11.9 Å². The molecule has 3 rings (SSSR count). The minimum Gasteiger partial charge on any atom is -0.462 e. The van der Waals surface area contributed by atoms with Crippen LogP contribution in [-0.2, 0) is 23.9 Å². The summed E-state index contributed by atoms with van der Waals surface area (Å²) >= 11 is 0. The summed E-state index contributed by atoms with van der Waals surface area (Å²) in [7, 11) is 0. The Hall–Kier alpha value is -5.34. The van der Waals surface area contributed by atoms with Gasteiger partial charge in [-0.2, -0.15) is 0 Å². The highest BCUT2D eigenvalue weighted by Gasteiger charge is 2.38. The van der Waals surface area contributed by atoms with Gasteiger partial charge in [-0.1, -0.05) is 18.2 Å². The van der Waals surface area contributed by atoms with Crippen LogP contribution in [0.2, 0.25) is 0 Å². The maximum Gasteiger partial charge on any atom is 0.336 e.